The Kier molecular flexibility index (Phi) is 4.98. The average Bonchev–Trinajstić information content (AvgIpc) is 2.48. The number of hydrogen-bond acceptors (Lipinski definition) is 5. The zero-order chi connectivity index (χ0) is 13.7. The van der Waals surface area contributed by atoms with Crippen molar-refractivity contribution in [2.75, 3.05) is 52.4 Å². The molecule has 0 aromatic carbocycles. The van der Waals surface area contributed by atoms with E-state index in [1.165, 1.54) is 0 Å². The SMILES string of the molecule is CCOC(=O)N1CCN(C(=O)C2CNCCN2)CC1. The highest BCUT2D eigenvalue weighted by Crippen LogP contribution is 2.06. The molecule has 2 rings (SSSR count). The molecule has 2 aliphatic rings. The molecule has 108 valence electrons. The third-order valence-electron chi connectivity index (χ3n) is 3.46. The zero-order valence-corrected chi connectivity index (χ0v) is 11.4. The minimum absolute atomic E-state index is 0.121. The van der Waals surface area contributed by atoms with Crippen LogP contribution >= 0.6 is 0 Å². The molecule has 19 heavy (non-hydrogen) atoms. The van der Waals surface area contributed by atoms with E-state index in [1.54, 1.807) is 11.8 Å². The minimum atomic E-state index is -0.285. The lowest BCUT2D eigenvalue weighted by Gasteiger charge is -2.36. The lowest BCUT2D eigenvalue weighted by Crippen LogP contribution is -2.60. The molecule has 0 spiro atoms. The van der Waals surface area contributed by atoms with E-state index in [2.05, 4.69) is 10.6 Å². The Morgan fingerprint density at radius 1 is 1.16 bits per heavy atom. The summed E-state index contributed by atoms with van der Waals surface area (Å²) < 4.78 is 4.95. The summed E-state index contributed by atoms with van der Waals surface area (Å²) in [5.74, 6) is 0.121. The van der Waals surface area contributed by atoms with Crippen LogP contribution in [0.3, 0.4) is 0 Å². The molecule has 0 aromatic rings. The van der Waals surface area contributed by atoms with Gasteiger partial charge < -0.3 is 25.2 Å². The molecule has 0 aromatic heterocycles. The molecule has 2 saturated heterocycles. The molecule has 2 fully saturated rings. The second-order valence-electron chi connectivity index (χ2n) is 4.72. The summed E-state index contributed by atoms with van der Waals surface area (Å²) in [7, 11) is 0. The molecule has 0 aliphatic carbocycles. The molecular formula is C12H22N4O3. The fourth-order valence-corrected chi connectivity index (χ4v) is 2.37. The Morgan fingerprint density at radius 3 is 2.42 bits per heavy atom. The van der Waals surface area contributed by atoms with Gasteiger partial charge in [-0.2, -0.15) is 0 Å². The molecule has 7 nitrogen and oxygen atoms in total. The first-order chi connectivity index (χ1) is 9.22. The predicted octanol–water partition coefficient (Wildman–Crippen LogP) is -1.15. The van der Waals surface area contributed by atoms with Gasteiger partial charge in [0.25, 0.3) is 0 Å². The van der Waals surface area contributed by atoms with E-state index in [-0.39, 0.29) is 18.0 Å². The molecule has 1 atom stereocenters. The lowest BCUT2D eigenvalue weighted by atomic mass is 10.2. The number of ether oxygens (including phenoxy) is 1. The summed E-state index contributed by atoms with van der Waals surface area (Å²) >= 11 is 0. The second kappa shape index (κ2) is 6.72. The summed E-state index contributed by atoms with van der Waals surface area (Å²) in [6.45, 7) is 6.83. The number of nitrogens with one attached hydrogen (secondary N) is 2. The molecule has 0 saturated carbocycles. The second-order valence-corrected chi connectivity index (χ2v) is 4.72. The smallest absolute Gasteiger partial charge is 0.409 e. The van der Waals surface area contributed by atoms with Crippen molar-refractivity contribution in [3.63, 3.8) is 0 Å². The summed E-state index contributed by atoms with van der Waals surface area (Å²) in [4.78, 5) is 27.3. The highest BCUT2D eigenvalue weighted by Gasteiger charge is 2.29. The zero-order valence-electron chi connectivity index (χ0n) is 11.4. The maximum Gasteiger partial charge on any atom is 0.409 e. The van der Waals surface area contributed by atoms with Crippen molar-refractivity contribution in [1.82, 2.24) is 20.4 Å². The van der Waals surface area contributed by atoms with Crippen molar-refractivity contribution in [2.24, 2.45) is 0 Å². The van der Waals surface area contributed by atoms with Crippen LogP contribution in [0.15, 0.2) is 0 Å². The first-order valence-corrected chi connectivity index (χ1v) is 6.87. The summed E-state index contributed by atoms with van der Waals surface area (Å²) in [6, 6.07) is -0.136. The Morgan fingerprint density at radius 2 is 1.84 bits per heavy atom. The van der Waals surface area contributed by atoms with E-state index in [4.69, 9.17) is 4.74 Å². The number of carbonyl (C=O) groups is 2. The first-order valence-electron chi connectivity index (χ1n) is 6.87. The Bertz CT molecular complexity index is 323. The summed E-state index contributed by atoms with van der Waals surface area (Å²) in [5.41, 5.74) is 0. The van der Waals surface area contributed by atoms with E-state index in [9.17, 15) is 9.59 Å². The highest BCUT2D eigenvalue weighted by atomic mass is 16.6. The predicted molar refractivity (Wildman–Crippen MR) is 69.8 cm³/mol. The van der Waals surface area contributed by atoms with E-state index in [0.29, 0.717) is 39.3 Å². The van der Waals surface area contributed by atoms with Crippen LogP contribution in [0.2, 0.25) is 0 Å². The third-order valence-corrected chi connectivity index (χ3v) is 3.46. The molecule has 2 N–H and O–H groups in total. The van der Waals surface area contributed by atoms with E-state index in [0.717, 1.165) is 13.1 Å². The molecule has 0 radical (unpaired) electrons. The standard InChI is InChI=1S/C12H22N4O3/c1-2-19-12(18)16-7-5-15(6-8-16)11(17)10-9-13-3-4-14-10/h10,13-14H,2-9H2,1H3. The third kappa shape index (κ3) is 3.57. The van der Waals surface area contributed by atoms with E-state index in [1.807, 2.05) is 4.90 Å². The number of amides is 2. The Hall–Kier alpha value is -1.34. The molecule has 2 aliphatic heterocycles. The number of piperazine rings is 2. The topological polar surface area (TPSA) is 73.9 Å². The van der Waals surface area contributed by atoms with Crippen molar-refractivity contribution >= 4 is 12.0 Å². The molecule has 0 bridgehead atoms. The largest absolute Gasteiger partial charge is 0.450 e. The monoisotopic (exact) mass is 270 g/mol. The van der Waals surface area contributed by atoms with Crippen LogP contribution in [0.1, 0.15) is 6.92 Å². The maximum atomic E-state index is 12.2. The Labute approximate surface area is 113 Å². The van der Waals surface area contributed by atoms with Crippen LogP contribution < -0.4 is 10.6 Å². The molecule has 2 heterocycles. The highest BCUT2D eigenvalue weighted by molar-refractivity contribution is 5.82. The normalized spacial score (nSPS) is 24.2. The van der Waals surface area contributed by atoms with E-state index >= 15 is 0 Å². The van der Waals surface area contributed by atoms with Crippen LogP contribution in [0.25, 0.3) is 0 Å². The van der Waals surface area contributed by atoms with Gasteiger partial charge in [0.15, 0.2) is 0 Å². The number of hydrogen-bond donors (Lipinski definition) is 2. The van der Waals surface area contributed by atoms with Gasteiger partial charge in [-0.25, -0.2) is 4.79 Å². The van der Waals surface area contributed by atoms with Gasteiger partial charge >= 0.3 is 6.09 Å². The molecule has 1 unspecified atom stereocenters. The van der Waals surface area contributed by atoms with Crippen molar-refractivity contribution in [3.05, 3.63) is 0 Å². The van der Waals surface area contributed by atoms with Crippen LogP contribution in [0.5, 0.6) is 0 Å². The maximum absolute atomic E-state index is 12.2. The minimum Gasteiger partial charge on any atom is -0.450 e. The van der Waals surface area contributed by atoms with Crippen LogP contribution in [-0.2, 0) is 9.53 Å². The van der Waals surface area contributed by atoms with Gasteiger partial charge in [-0.3, -0.25) is 4.79 Å². The van der Waals surface area contributed by atoms with Crippen LogP contribution in [0, 0.1) is 0 Å². The molecule has 7 heteroatoms. The Balaban J connectivity index is 1.79. The van der Waals surface area contributed by atoms with Crippen molar-refractivity contribution in [3.8, 4) is 0 Å². The number of nitrogens with zero attached hydrogens (tertiary/aromatic N) is 2. The fraction of sp³-hybridized carbons (Fsp3) is 0.833. The summed E-state index contributed by atoms with van der Waals surface area (Å²) in [5, 5.41) is 6.42. The van der Waals surface area contributed by atoms with Gasteiger partial charge in [0.05, 0.1) is 12.6 Å². The van der Waals surface area contributed by atoms with Crippen molar-refractivity contribution < 1.29 is 14.3 Å². The molecule has 2 amide bonds. The number of rotatable bonds is 2. The van der Waals surface area contributed by atoms with E-state index < -0.39 is 0 Å². The summed E-state index contributed by atoms with van der Waals surface area (Å²) in [6.07, 6.45) is -0.285. The van der Waals surface area contributed by atoms with Crippen molar-refractivity contribution in [2.45, 2.75) is 13.0 Å². The van der Waals surface area contributed by atoms with Gasteiger partial charge in [-0.1, -0.05) is 0 Å². The van der Waals surface area contributed by atoms with Gasteiger partial charge in [0, 0.05) is 45.8 Å². The average molecular weight is 270 g/mol. The lowest BCUT2D eigenvalue weighted by molar-refractivity contribution is -0.135. The number of carbonyl (C=O) groups excluding carboxylic acids is 2. The fourth-order valence-electron chi connectivity index (χ4n) is 2.37. The van der Waals surface area contributed by atoms with Gasteiger partial charge in [0.1, 0.15) is 0 Å². The first kappa shape index (κ1) is 14.1. The van der Waals surface area contributed by atoms with Crippen molar-refractivity contribution in [1.29, 1.82) is 0 Å². The van der Waals surface area contributed by atoms with Gasteiger partial charge in [0.2, 0.25) is 5.91 Å². The van der Waals surface area contributed by atoms with Gasteiger partial charge in [-0.05, 0) is 6.92 Å². The van der Waals surface area contributed by atoms with Crippen LogP contribution in [-0.4, -0.2) is 80.3 Å². The molecular weight excluding hydrogens is 248 g/mol. The quantitative estimate of drug-likeness (QED) is 0.663. The van der Waals surface area contributed by atoms with Crippen LogP contribution in [0.4, 0.5) is 4.79 Å². The van der Waals surface area contributed by atoms with Gasteiger partial charge in [-0.15, -0.1) is 0 Å².